The Balaban J connectivity index is 1.81. The molecule has 1 aromatic heterocycles. The summed E-state index contributed by atoms with van der Waals surface area (Å²) in [7, 11) is -3.57. The molecule has 2 N–H and O–H groups in total. The Labute approximate surface area is 148 Å². The summed E-state index contributed by atoms with van der Waals surface area (Å²) < 4.78 is 26.5. The Bertz CT molecular complexity index is 788. The first-order valence-corrected chi connectivity index (χ1v) is 9.73. The van der Waals surface area contributed by atoms with Crippen LogP contribution in [0.3, 0.4) is 0 Å². The molecule has 0 radical (unpaired) electrons. The maximum atomic E-state index is 12.1. The maximum absolute atomic E-state index is 12.1. The molecule has 6 nitrogen and oxygen atoms in total. The van der Waals surface area contributed by atoms with Crippen molar-refractivity contribution in [3.63, 3.8) is 0 Å². The Kier molecular flexibility index (Phi) is 6.66. The van der Waals surface area contributed by atoms with E-state index in [1.54, 1.807) is 36.7 Å². The van der Waals surface area contributed by atoms with E-state index in [-0.39, 0.29) is 18.2 Å². The van der Waals surface area contributed by atoms with Gasteiger partial charge in [-0.2, -0.15) is 0 Å². The van der Waals surface area contributed by atoms with Gasteiger partial charge in [-0.1, -0.05) is 38.1 Å². The fourth-order valence-corrected chi connectivity index (χ4v) is 3.29. The van der Waals surface area contributed by atoms with Crippen LogP contribution in [0.4, 0.5) is 0 Å². The van der Waals surface area contributed by atoms with E-state index in [1.165, 1.54) is 0 Å². The lowest BCUT2D eigenvalue weighted by Crippen LogP contribution is -2.37. The second-order valence-electron chi connectivity index (χ2n) is 6.11. The van der Waals surface area contributed by atoms with Crippen molar-refractivity contribution in [2.75, 3.05) is 6.54 Å². The molecule has 7 heteroatoms. The molecule has 1 aromatic carbocycles. The highest BCUT2D eigenvalue weighted by molar-refractivity contribution is 7.88. The lowest BCUT2D eigenvalue weighted by atomic mass is 10.0. The average molecular weight is 361 g/mol. The van der Waals surface area contributed by atoms with Crippen molar-refractivity contribution in [2.45, 2.75) is 32.1 Å². The summed E-state index contributed by atoms with van der Waals surface area (Å²) in [5.41, 5.74) is 2.75. The number of carbonyl (C=O) groups is 1. The van der Waals surface area contributed by atoms with Crippen LogP contribution in [-0.2, 0) is 27.1 Å². The van der Waals surface area contributed by atoms with Gasteiger partial charge in [-0.15, -0.1) is 0 Å². The van der Waals surface area contributed by atoms with E-state index in [1.807, 2.05) is 12.1 Å². The number of benzene rings is 1. The SMILES string of the molecule is CC(C)c1ccc(CS(=O)(=O)NCC(=O)NCc2ccncc2)cc1. The smallest absolute Gasteiger partial charge is 0.235 e. The Hall–Kier alpha value is -2.25. The van der Waals surface area contributed by atoms with Crippen LogP contribution in [0.25, 0.3) is 0 Å². The molecule has 0 fully saturated rings. The zero-order valence-electron chi connectivity index (χ0n) is 14.4. The molecule has 0 saturated carbocycles. The molecular formula is C18H23N3O3S. The van der Waals surface area contributed by atoms with Crippen molar-refractivity contribution in [3.05, 3.63) is 65.5 Å². The molecule has 0 aliphatic carbocycles. The van der Waals surface area contributed by atoms with Gasteiger partial charge in [0.15, 0.2) is 0 Å². The Morgan fingerprint density at radius 2 is 1.68 bits per heavy atom. The van der Waals surface area contributed by atoms with E-state index in [4.69, 9.17) is 0 Å². The molecule has 2 aromatic rings. The fourth-order valence-electron chi connectivity index (χ4n) is 2.21. The van der Waals surface area contributed by atoms with Crippen molar-refractivity contribution in [1.29, 1.82) is 0 Å². The lowest BCUT2D eigenvalue weighted by Gasteiger charge is -2.09. The highest BCUT2D eigenvalue weighted by Crippen LogP contribution is 2.15. The highest BCUT2D eigenvalue weighted by atomic mass is 32.2. The molecule has 0 aliphatic heterocycles. The van der Waals surface area contributed by atoms with Gasteiger partial charge in [0.05, 0.1) is 12.3 Å². The van der Waals surface area contributed by atoms with Gasteiger partial charge < -0.3 is 5.32 Å². The van der Waals surface area contributed by atoms with Crippen molar-refractivity contribution >= 4 is 15.9 Å². The van der Waals surface area contributed by atoms with E-state index in [0.717, 1.165) is 11.1 Å². The van der Waals surface area contributed by atoms with E-state index in [0.29, 0.717) is 18.0 Å². The van der Waals surface area contributed by atoms with Gasteiger partial charge in [0.2, 0.25) is 15.9 Å². The lowest BCUT2D eigenvalue weighted by molar-refractivity contribution is -0.120. The number of nitrogens with one attached hydrogen (secondary N) is 2. The second-order valence-corrected chi connectivity index (χ2v) is 7.92. The zero-order valence-corrected chi connectivity index (χ0v) is 15.2. The van der Waals surface area contributed by atoms with Gasteiger partial charge in [-0.3, -0.25) is 9.78 Å². The molecule has 0 atom stereocenters. The van der Waals surface area contributed by atoms with Gasteiger partial charge in [-0.05, 0) is 34.7 Å². The molecule has 1 amide bonds. The number of rotatable bonds is 8. The van der Waals surface area contributed by atoms with Gasteiger partial charge in [0.25, 0.3) is 0 Å². The standard InChI is InChI=1S/C18H23N3O3S/c1-14(2)17-5-3-16(4-6-17)13-25(23,24)21-12-18(22)20-11-15-7-9-19-10-8-15/h3-10,14,21H,11-13H2,1-2H3,(H,20,22). The summed E-state index contributed by atoms with van der Waals surface area (Å²) in [6.07, 6.45) is 3.27. The number of aromatic nitrogens is 1. The van der Waals surface area contributed by atoms with Crippen LogP contribution in [0.5, 0.6) is 0 Å². The predicted octanol–water partition coefficient (Wildman–Crippen LogP) is 1.94. The molecule has 0 saturated heterocycles. The third-order valence-corrected chi connectivity index (χ3v) is 4.99. The van der Waals surface area contributed by atoms with Crippen molar-refractivity contribution in [1.82, 2.24) is 15.0 Å². The summed E-state index contributed by atoms with van der Waals surface area (Å²) >= 11 is 0. The molecule has 1 heterocycles. The minimum atomic E-state index is -3.57. The van der Waals surface area contributed by atoms with Crippen LogP contribution >= 0.6 is 0 Å². The molecule has 0 unspecified atom stereocenters. The summed E-state index contributed by atoms with van der Waals surface area (Å²) in [6.45, 7) is 4.22. The molecule has 0 bridgehead atoms. The van der Waals surface area contributed by atoms with Gasteiger partial charge >= 0.3 is 0 Å². The monoisotopic (exact) mass is 361 g/mol. The summed E-state index contributed by atoms with van der Waals surface area (Å²) in [5.74, 6) is -0.133. The van der Waals surface area contributed by atoms with Crippen LogP contribution in [0.15, 0.2) is 48.8 Å². The van der Waals surface area contributed by atoms with Gasteiger partial charge in [0, 0.05) is 18.9 Å². The third kappa shape index (κ3) is 6.64. The quantitative estimate of drug-likeness (QED) is 0.752. The molecule has 25 heavy (non-hydrogen) atoms. The first-order chi connectivity index (χ1) is 11.9. The minimum absolute atomic E-state index is 0.150. The number of carbonyl (C=O) groups excluding carboxylic acids is 1. The highest BCUT2D eigenvalue weighted by Gasteiger charge is 2.13. The number of pyridine rings is 1. The van der Waals surface area contributed by atoms with Crippen molar-refractivity contribution in [2.24, 2.45) is 0 Å². The van der Waals surface area contributed by atoms with Crippen LogP contribution in [0.2, 0.25) is 0 Å². The summed E-state index contributed by atoms with van der Waals surface area (Å²) in [4.78, 5) is 15.7. The first-order valence-electron chi connectivity index (χ1n) is 8.07. The molecule has 0 aliphatic rings. The van der Waals surface area contributed by atoms with Gasteiger partial charge in [-0.25, -0.2) is 13.1 Å². The first kappa shape index (κ1) is 19.1. The van der Waals surface area contributed by atoms with Gasteiger partial charge in [0.1, 0.15) is 0 Å². The van der Waals surface area contributed by atoms with Crippen LogP contribution in [-0.4, -0.2) is 25.9 Å². The minimum Gasteiger partial charge on any atom is -0.351 e. The van der Waals surface area contributed by atoms with Crippen molar-refractivity contribution in [3.8, 4) is 0 Å². The number of hydrogen-bond acceptors (Lipinski definition) is 4. The van der Waals surface area contributed by atoms with E-state index >= 15 is 0 Å². The molecule has 2 rings (SSSR count). The average Bonchev–Trinajstić information content (AvgIpc) is 2.59. The molecule has 134 valence electrons. The van der Waals surface area contributed by atoms with Crippen LogP contribution < -0.4 is 10.0 Å². The number of sulfonamides is 1. The number of amides is 1. The number of nitrogens with zero attached hydrogens (tertiary/aromatic N) is 1. The molecule has 0 spiro atoms. The number of hydrogen-bond donors (Lipinski definition) is 2. The van der Waals surface area contributed by atoms with E-state index < -0.39 is 10.0 Å². The van der Waals surface area contributed by atoms with Crippen LogP contribution in [0.1, 0.15) is 36.5 Å². The van der Waals surface area contributed by atoms with E-state index in [2.05, 4.69) is 28.9 Å². The van der Waals surface area contributed by atoms with E-state index in [9.17, 15) is 13.2 Å². The Morgan fingerprint density at radius 3 is 2.28 bits per heavy atom. The third-order valence-electron chi connectivity index (χ3n) is 3.69. The zero-order chi connectivity index (χ0) is 18.3. The van der Waals surface area contributed by atoms with Crippen LogP contribution in [0, 0.1) is 0 Å². The normalized spacial score (nSPS) is 11.5. The maximum Gasteiger partial charge on any atom is 0.235 e. The summed E-state index contributed by atoms with van der Waals surface area (Å²) in [6, 6.07) is 11.0. The largest absolute Gasteiger partial charge is 0.351 e. The predicted molar refractivity (Wildman–Crippen MR) is 97.2 cm³/mol. The second kappa shape index (κ2) is 8.73. The summed E-state index contributed by atoms with van der Waals surface area (Å²) in [5, 5.41) is 2.66. The topological polar surface area (TPSA) is 88.2 Å². The Morgan fingerprint density at radius 1 is 1.04 bits per heavy atom. The van der Waals surface area contributed by atoms with Crippen molar-refractivity contribution < 1.29 is 13.2 Å². The molecular weight excluding hydrogens is 338 g/mol. The fraction of sp³-hybridized carbons (Fsp3) is 0.333.